The van der Waals surface area contributed by atoms with Crippen molar-refractivity contribution in [2.75, 3.05) is 5.73 Å². The number of nitrogens with zero attached hydrogens (tertiary/aromatic N) is 2. The van der Waals surface area contributed by atoms with Gasteiger partial charge in [-0.1, -0.05) is 25.2 Å². The maximum Gasteiger partial charge on any atom is 0.203 e. The second kappa shape index (κ2) is 3.82. The Balaban J connectivity index is 2.52. The van der Waals surface area contributed by atoms with Crippen molar-refractivity contribution in [1.29, 1.82) is 0 Å². The van der Waals surface area contributed by atoms with Crippen LogP contribution >= 0.6 is 11.3 Å². The van der Waals surface area contributed by atoms with Gasteiger partial charge in [0.05, 0.1) is 0 Å². The summed E-state index contributed by atoms with van der Waals surface area (Å²) in [6, 6.07) is 0.150. The second-order valence-electron chi connectivity index (χ2n) is 3.15. The highest BCUT2D eigenvalue weighted by Gasteiger charge is 2.11. The van der Waals surface area contributed by atoms with E-state index in [0.29, 0.717) is 11.0 Å². The van der Waals surface area contributed by atoms with E-state index in [-0.39, 0.29) is 6.04 Å². The molecule has 0 saturated heterocycles. The summed E-state index contributed by atoms with van der Waals surface area (Å²) in [4.78, 5) is 0. The topological polar surface area (TPSA) is 77.8 Å². The molecule has 68 valence electrons. The molecule has 0 fully saturated rings. The van der Waals surface area contributed by atoms with Crippen molar-refractivity contribution in [3.05, 3.63) is 5.01 Å². The summed E-state index contributed by atoms with van der Waals surface area (Å²) in [7, 11) is 0. The molecule has 0 aliphatic carbocycles. The first-order valence-electron chi connectivity index (χ1n) is 3.93. The predicted molar refractivity (Wildman–Crippen MR) is 50.8 cm³/mol. The average molecular weight is 186 g/mol. The van der Waals surface area contributed by atoms with Crippen LogP contribution in [0, 0.1) is 5.92 Å². The van der Waals surface area contributed by atoms with Crippen LogP contribution in [0.25, 0.3) is 0 Å². The highest BCUT2D eigenvalue weighted by atomic mass is 32.1. The van der Waals surface area contributed by atoms with Gasteiger partial charge in [0.1, 0.15) is 5.01 Å². The Hall–Kier alpha value is -0.680. The molecule has 1 rings (SSSR count). The van der Waals surface area contributed by atoms with Gasteiger partial charge >= 0.3 is 0 Å². The zero-order valence-electron chi connectivity index (χ0n) is 7.32. The molecule has 0 amide bonds. The zero-order chi connectivity index (χ0) is 9.14. The highest BCUT2D eigenvalue weighted by Crippen LogP contribution is 2.14. The van der Waals surface area contributed by atoms with Crippen LogP contribution in [0.5, 0.6) is 0 Å². The van der Waals surface area contributed by atoms with E-state index in [1.54, 1.807) is 0 Å². The molecular formula is C7H14N4S. The molecule has 12 heavy (non-hydrogen) atoms. The van der Waals surface area contributed by atoms with Crippen molar-refractivity contribution in [1.82, 2.24) is 10.2 Å². The fraction of sp³-hybridized carbons (Fsp3) is 0.714. The summed E-state index contributed by atoms with van der Waals surface area (Å²) in [5.41, 5.74) is 11.3. The summed E-state index contributed by atoms with van der Waals surface area (Å²) in [5, 5.41) is 9.06. The summed E-state index contributed by atoms with van der Waals surface area (Å²) in [5.74, 6) is 0.468. The minimum Gasteiger partial charge on any atom is -0.374 e. The molecule has 1 atom stereocenters. The Morgan fingerprint density at radius 2 is 2.08 bits per heavy atom. The summed E-state index contributed by atoms with van der Waals surface area (Å²) in [6.07, 6.45) is 0.770. The molecule has 4 N–H and O–H groups in total. The smallest absolute Gasteiger partial charge is 0.203 e. The van der Waals surface area contributed by atoms with Gasteiger partial charge in [-0.25, -0.2) is 0 Å². The van der Waals surface area contributed by atoms with E-state index in [1.807, 2.05) is 0 Å². The van der Waals surface area contributed by atoms with Crippen molar-refractivity contribution in [2.24, 2.45) is 11.7 Å². The molecule has 1 heterocycles. The number of anilines is 1. The largest absolute Gasteiger partial charge is 0.374 e. The molecule has 0 saturated carbocycles. The van der Waals surface area contributed by atoms with E-state index in [0.717, 1.165) is 11.4 Å². The van der Waals surface area contributed by atoms with Gasteiger partial charge in [0, 0.05) is 12.5 Å². The first-order valence-corrected chi connectivity index (χ1v) is 4.74. The third-order valence-electron chi connectivity index (χ3n) is 1.75. The van der Waals surface area contributed by atoms with Crippen molar-refractivity contribution in [3.8, 4) is 0 Å². The lowest BCUT2D eigenvalue weighted by Gasteiger charge is -2.12. The predicted octanol–water partition coefficient (Wildman–Crippen LogP) is 0.646. The Bertz CT molecular complexity index is 245. The lowest BCUT2D eigenvalue weighted by molar-refractivity contribution is 0.488. The van der Waals surface area contributed by atoms with Crippen molar-refractivity contribution in [3.63, 3.8) is 0 Å². The fourth-order valence-corrected chi connectivity index (χ4v) is 1.47. The Morgan fingerprint density at radius 3 is 2.50 bits per heavy atom. The van der Waals surface area contributed by atoms with Gasteiger partial charge < -0.3 is 11.5 Å². The third-order valence-corrected chi connectivity index (χ3v) is 2.52. The quantitative estimate of drug-likeness (QED) is 0.726. The molecule has 5 heteroatoms. The van der Waals surface area contributed by atoms with Crippen LogP contribution in [-0.4, -0.2) is 16.2 Å². The van der Waals surface area contributed by atoms with Crippen LogP contribution in [-0.2, 0) is 6.42 Å². The molecule has 4 nitrogen and oxygen atoms in total. The highest BCUT2D eigenvalue weighted by molar-refractivity contribution is 7.15. The summed E-state index contributed by atoms with van der Waals surface area (Å²) in [6.45, 7) is 4.18. The lowest BCUT2D eigenvalue weighted by atomic mass is 10.0. The van der Waals surface area contributed by atoms with Gasteiger partial charge in [0.25, 0.3) is 0 Å². The first-order chi connectivity index (χ1) is 5.59. The van der Waals surface area contributed by atoms with Crippen LogP contribution in [0.2, 0.25) is 0 Å². The molecule has 1 aromatic rings. The lowest BCUT2D eigenvalue weighted by Crippen LogP contribution is -2.28. The van der Waals surface area contributed by atoms with Gasteiger partial charge in [0.2, 0.25) is 5.13 Å². The normalized spacial score (nSPS) is 13.7. The molecule has 0 aliphatic heterocycles. The Labute approximate surface area is 76.0 Å². The maximum absolute atomic E-state index is 5.86. The van der Waals surface area contributed by atoms with Crippen molar-refractivity contribution < 1.29 is 0 Å². The summed E-state index contributed by atoms with van der Waals surface area (Å²) >= 11 is 1.41. The standard InChI is InChI=1S/C7H14N4S/c1-4(2)5(8)3-6-10-11-7(9)12-6/h4-5H,3,8H2,1-2H3,(H2,9,11)/t5-/m1/s1. The number of nitrogen functional groups attached to an aromatic ring is 1. The maximum atomic E-state index is 5.86. The fourth-order valence-electron chi connectivity index (χ4n) is 0.786. The van der Waals surface area contributed by atoms with Crippen LogP contribution in [0.1, 0.15) is 18.9 Å². The molecule has 0 spiro atoms. The average Bonchev–Trinajstić information content (AvgIpc) is 2.35. The number of hydrogen-bond donors (Lipinski definition) is 2. The van der Waals surface area contributed by atoms with E-state index in [1.165, 1.54) is 11.3 Å². The van der Waals surface area contributed by atoms with Crippen LogP contribution in [0.15, 0.2) is 0 Å². The zero-order valence-corrected chi connectivity index (χ0v) is 8.14. The molecule has 0 aromatic carbocycles. The number of rotatable bonds is 3. The van der Waals surface area contributed by atoms with E-state index in [9.17, 15) is 0 Å². The third kappa shape index (κ3) is 2.42. The number of hydrogen-bond acceptors (Lipinski definition) is 5. The number of aromatic nitrogens is 2. The minimum atomic E-state index is 0.150. The van der Waals surface area contributed by atoms with E-state index in [4.69, 9.17) is 11.5 Å². The van der Waals surface area contributed by atoms with E-state index in [2.05, 4.69) is 24.0 Å². The second-order valence-corrected chi connectivity index (χ2v) is 4.24. The van der Waals surface area contributed by atoms with Crippen LogP contribution in [0.3, 0.4) is 0 Å². The van der Waals surface area contributed by atoms with E-state index >= 15 is 0 Å². The molecule has 0 aliphatic rings. The van der Waals surface area contributed by atoms with Gasteiger partial charge in [-0.15, -0.1) is 10.2 Å². The summed E-state index contributed by atoms with van der Waals surface area (Å²) < 4.78 is 0. The molecule has 0 radical (unpaired) electrons. The van der Waals surface area contributed by atoms with Crippen LogP contribution in [0.4, 0.5) is 5.13 Å². The van der Waals surface area contributed by atoms with Gasteiger partial charge in [-0.3, -0.25) is 0 Å². The molecule has 0 bridgehead atoms. The molecular weight excluding hydrogens is 172 g/mol. The number of nitrogens with two attached hydrogens (primary N) is 2. The minimum absolute atomic E-state index is 0.150. The van der Waals surface area contributed by atoms with Crippen molar-refractivity contribution >= 4 is 16.5 Å². The van der Waals surface area contributed by atoms with Crippen LogP contribution < -0.4 is 11.5 Å². The van der Waals surface area contributed by atoms with Crippen molar-refractivity contribution in [2.45, 2.75) is 26.3 Å². The molecule has 0 unspecified atom stereocenters. The SMILES string of the molecule is CC(C)[C@H](N)Cc1nnc(N)s1. The Morgan fingerprint density at radius 1 is 1.42 bits per heavy atom. The molecule has 1 aromatic heterocycles. The van der Waals surface area contributed by atoms with Gasteiger partial charge in [-0.2, -0.15) is 0 Å². The Kier molecular flexibility index (Phi) is 2.99. The van der Waals surface area contributed by atoms with Gasteiger partial charge in [0.15, 0.2) is 0 Å². The van der Waals surface area contributed by atoms with E-state index < -0.39 is 0 Å². The monoisotopic (exact) mass is 186 g/mol. The van der Waals surface area contributed by atoms with Gasteiger partial charge in [-0.05, 0) is 5.92 Å². The first kappa shape index (κ1) is 9.41.